The molecule has 0 unspecified atom stereocenters. The molecule has 1 saturated heterocycles. The van der Waals surface area contributed by atoms with Gasteiger partial charge in [0.25, 0.3) is 0 Å². The van der Waals surface area contributed by atoms with Gasteiger partial charge >= 0.3 is 0 Å². The van der Waals surface area contributed by atoms with Crippen molar-refractivity contribution in [3.63, 3.8) is 0 Å². The third kappa shape index (κ3) is 2.20. The van der Waals surface area contributed by atoms with Crippen LogP contribution < -0.4 is 15.0 Å². The van der Waals surface area contributed by atoms with Gasteiger partial charge in [0.1, 0.15) is 5.75 Å². The number of carbonyl (C=O) groups excluding carboxylic acids is 1. The van der Waals surface area contributed by atoms with E-state index in [2.05, 4.69) is 11.4 Å². The van der Waals surface area contributed by atoms with Crippen molar-refractivity contribution in [3.8, 4) is 5.75 Å². The van der Waals surface area contributed by atoms with Crippen LogP contribution in [0.25, 0.3) is 0 Å². The first-order valence-corrected chi connectivity index (χ1v) is 6.18. The van der Waals surface area contributed by atoms with Gasteiger partial charge in [0.15, 0.2) is 0 Å². The maximum atomic E-state index is 12.3. The number of hydrogen-bond acceptors (Lipinski definition) is 3. The number of carbonyl (C=O) groups is 1. The maximum Gasteiger partial charge on any atom is 0.232 e. The zero-order valence-corrected chi connectivity index (χ0v) is 11.4. The average Bonchev–Trinajstić information content (AvgIpc) is 2.24. The number of ether oxygens (including phenoxy) is 1. The Balaban J connectivity index is 2.33. The van der Waals surface area contributed by atoms with Crippen molar-refractivity contribution in [2.45, 2.75) is 13.8 Å². The number of rotatable bonds is 3. The van der Waals surface area contributed by atoms with Gasteiger partial charge < -0.3 is 15.0 Å². The van der Waals surface area contributed by atoms with Crippen LogP contribution in [0.2, 0.25) is 0 Å². The monoisotopic (exact) mass is 248 g/mol. The molecule has 1 aliphatic rings. The first-order chi connectivity index (χ1) is 8.54. The SMILES string of the molecule is COc1cc(C)cc(C)c1N(C)C(=O)C1CNC1. The third-order valence-electron chi connectivity index (χ3n) is 3.43. The number of amides is 1. The van der Waals surface area contributed by atoms with Crippen molar-refractivity contribution in [1.29, 1.82) is 0 Å². The Morgan fingerprint density at radius 1 is 1.39 bits per heavy atom. The van der Waals surface area contributed by atoms with E-state index >= 15 is 0 Å². The molecular weight excluding hydrogens is 228 g/mol. The van der Waals surface area contributed by atoms with Gasteiger partial charge in [0.2, 0.25) is 5.91 Å². The van der Waals surface area contributed by atoms with Crippen LogP contribution in [-0.2, 0) is 4.79 Å². The Morgan fingerprint density at radius 3 is 2.56 bits per heavy atom. The molecule has 1 heterocycles. The number of hydrogen-bond donors (Lipinski definition) is 1. The summed E-state index contributed by atoms with van der Waals surface area (Å²) in [6.07, 6.45) is 0. The third-order valence-corrected chi connectivity index (χ3v) is 3.43. The minimum atomic E-state index is 0.0976. The molecule has 98 valence electrons. The van der Waals surface area contributed by atoms with Crippen molar-refractivity contribution < 1.29 is 9.53 Å². The lowest BCUT2D eigenvalue weighted by Gasteiger charge is -2.31. The lowest BCUT2D eigenvalue weighted by atomic mass is 10.0. The van der Waals surface area contributed by atoms with E-state index in [0.717, 1.165) is 35.7 Å². The molecule has 1 aliphatic heterocycles. The van der Waals surface area contributed by atoms with Crippen LogP contribution in [0, 0.1) is 19.8 Å². The summed E-state index contributed by atoms with van der Waals surface area (Å²) in [5.41, 5.74) is 3.08. The highest BCUT2D eigenvalue weighted by Crippen LogP contribution is 2.33. The van der Waals surface area contributed by atoms with Crippen molar-refractivity contribution >= 4 is 11.6 Å². The summed E-state index contributed by atoms with van der Waals surface area (Å²) in [4.78, 5) is 14.0. The molecule has 18 heavy (non-hydrogen) atoms. The summed E-state index contributed by atoms with van der Waals surface area (Å²) in [6, 6.07) is 4.03. The number of nitrogens with zero attached hydrogens (tertiary/aromatic N) is 1. The lowest BCUT2D eigenvalue weighted by Crippen LogP contribution is -2.51. The second kappa shape index (κ2) is 4.98. The molecule has 0 aromatic heterocycles. The second-order valence-corrected chi connectivity index (χ2v) is 4.89. The van der Waals surface area contributed by atoms with E-state index in [4.69, 9.17) is 4.74 Å². The highest BCUT2D eigenvalue weighted by atomic mass is 16.5. The van der Waals surface area contributed by atoms with E-state index in [-0.39, 0.29) is 11.8 Å². The lowest BCUT2D eigenvalue weighted by molar-refractivity contribution is -0.123. The predicted octanol–water partition coefficient (Wildman–Crippen LogP) is 1.49. The summed E-state index contributed by atoms with van der Waals surface area (Å²) in [6.45, 7) is 5.58. The summed E-state index contributed by atoms with van der Waals surface area (Å²) in [7, 11) is 3.46. The number of methoxy groups -OCH3 is 1. The fourth-order valence-corrected chi connectivity index (χ4v) is 2.35. The molecule has 0 radical (unpaired) electrons. The number of anilines is 1. The molecule has 1 aromatic rings. The van der Waals surface area contributed by atoms with E-state index in [1.807, 2.05) is 27.0 Å². The predicted molar refractivity (Wildman–Crippen MR) is 72.2 cm³/mol. The Hall–Kier alpha value is -1.55. The smallest absolute Gasteiger partial charge is 0.232 e. The molecule has 0 spiro atoms. The summed E-state index contributed by atoms with van der Waals surface area (Å²) < 4.78 is 5.40. The standard InChI is InChI=1S/C14H20N2O2/c1-9-5-10(2)13(12(6-9)18-4)16(3)14(17)11-7-15-8-11/h5-6,11,15H,7-8H2,1-4H3. The molecule has 4 nitrogen and oxygen atoms in total. The fraction of sp³-hybridized carbons (Fsp3) is 0.500. The van der Waals surface area contributed by atoms with Crippen LogP contribution in [0.1, 0.15) is 11.1 Å². The van der Waals surface area contributed by atoms with Gasteiger partial charge in [-0.25, -0.2) is 0 Å². The van der Waals surface area contributed by atoms with Gasteiger partial charge in [-0.05, 0) is 31.0 Å². The van der Waals surface area contributed by atoms with Crippen molar-refractivity contribution in [2.24, 2.45) is 5.92 Å². The van der Waals surface area contributed by atoms with Gasteiger partial charge in [-0.2, -0.15) is 0 Å². The molecule has 1 fully saturated rings. The van der Waals surface area contributed by atoms with Gasteiger partial charge in [0, 0.05) is 20.1 Å². The van der Waals surface area contributed by atoms with Crippen molar-refractivity contribution in [3.05, 3.63) is 23.3 Å². The molecule has 1 aromatic carbocycles. The highest BCUT2D eigenvalue weighted by Gasteiger charge is 2.29. The van der Waals surface area contributed by atoms with Gasteiger partial charge in [-0.15, -0.1) is 0 Å². The summed E-state index contributed by atoms with van der Waals surface area (Å²) in [5, 5.41) is 3.12. The topological polar surface area (TPSA) is 41.6 Å². The zero-order chi connectivity index (χ0) is 13.3. The molecule has 1 amide bonds. The maximum absolute atomic E-state index is 12.3. The van der Waals surface area contributed by atoms with E-state index in [1.54, 1.807) is 12.0 Å². The van der Waals surface area contributed by atoms with E-state index < -0.39 is 0 Å². The molecule has 0 bridgehead atoms. The minimum Gasteiger partial charge on any atom is -0.495 e. The number of aryl methyl sites for hydroxylation is 2. The van der Waals surface area contributed by atoms with Crippen LogP contribution in [0.5, 0.6) is 5.75 Å². The average molecular weight is 248 g/mol. The first kappa shape index (κ1) is 12.9. The first-order valence-electron chi connectivity index (χ1n) is 6.18. The van der Waals surface area contributed by atoms with Crippen molar-refractivity contribution in [1.82, 2.24) is 5.32 Å². The van der Waals surface area contributed by atoms with Crippen LogP contribution in [0.15, 0.2) is 12.1 Å². The molecular formula is C14H20N2O2. The van der Waals surface area contributed by atoms with E-state index in [9.17, 15) is 4.79 Å². The second-order valence-electron chi connectivity index (χ2n) is 4.89. The van der Waals surface area contributed by atoms with E-state index in [0.29, 0.717) is 0 Å². The fourth-order valence-electron chi connectivity index (χ4n) is 2.35. The van der Waals surface area contributed by atoms with Gasteiger partial charge in [-0.1, -0.05) is 6.07 Å². The Labute approximate surface area is 108 Å². The Morgan fingerprint density at radius 2 is 2.06 bits per heavy atom. The quantitative estimate of drug-likeness (QED) is 0.881. The van der Waals surface area contributed by atoms with E-state index in [1.165, 1.54) is 0 Å². The molecule has 0 aliphatic carbocycles. The van der Waals surface area contributed by atoms with Crippen molar-refractivity contribution in [2.75, 3.05) is 32.1 Å². The highest BCUT2D eigenvalue weighted by molar-refractivity contribution is 5.97. The number of nitrogens with one attached hydrogen (secondary N) is 1. The molecule has 1 N–H and O–H groups in total. The Kier molecular flexibility index (Phi) is 3.57. The van der Waals surface area contributed by atoms with Crippen LogP contribution in [0.3, 0.4) is 0 Å². The summed E-state index contributed by atoms with van der Waals surface area (Å²) in [5.74, 6) is 1.01. The molecule has 4 heteroatoms. The molecule has 0 atom stereocenters. The minimum absolute atomic E-state index is 0.0976. The zero-order valence-electron chi connectivity index (χ0n) is 11.4. The van der Waals surface area contributed by atoms with Gasteiger partial charge in [0.05, 0.1) is 18.7 Å². The largest absolute Gasteiger partial charge is 0.495 e. The molecule has 2 rings (SSSR count). The number of benzene rings is 1. The Bertz CT molecular complexity index is 467. The van der Waals surface area contributed by atoms with Crippen LogP contribution in [0.4, 0.5) is 5.69 Å². The normalized spacial score (nSPS) is 15.1. The van der Waals surface area contributed by atoms with Gasteiger partial charge in [-0.3, -0.25) is 4.79 Å². The molecule has 0 saturated carbocycles. The summed E-state index contributed by atoms with van der Waals surface area (Å²) >= 11 is 0. The van der Waals surface area contributed by atoms with Crippen LogP contribution in [-0.4, -0.2) is 33.2 Å². The van der Waals surface area contributed by atoms with Crippen LogP contribution >= 0.6 is 0 Å².